The van der Waals surface area contributed by atoms with Crippen LogP contribution in [0.5, 0.6) is 0 Å². The first-order valence-electron chi connectivity index (χ1n) is 5.60. The third-order valence-electron chi connectivity index (χ3n) is 2.37. The highest BCUT2D eigenvalue weighted by molar-refractivity contribution is 7.17. The second-order valence-electron chi connectivity index (χ2n) is 3.96. The number of nitrogens with zero attached hydrogens (tertiary/aromatic N) is 2. The van der Waals surface area contributed by atoms with Gasteiger partial charge in [0, 0.05) is 13.6 Å². The summed E-state index contributed by atoms with van der Waals surface area (Å²) < 4.78 is 36.3. The quantitative estimate of drug-likeness (QED) is 0.750. The second-order valence-corrected chi connectivity index (χ2v) is 4.97. The molecule has 0 atom stereocenters. The zero-order valence-electron chi connectivity index (χ0n) is 10.3. The normalized spacial score (nSPS) is 11.6. The van der Waals surface area contributed by atoms with Crippen molar-refractivity contribution in [3.05, 3.63) is 10.6 Å². The van der Waals surface area contributed by atoms with E-state index >= 15 is 0 Å². The summed E-state index contributed by atoms with van der Waals surface area (Å²) in [6, 6.07) is 0. The third-order valence-corrected chi connectivity index (χ3v) is 3.50. The lowest BCUT2D eigenvalue weighted by Crippen LogP contribution is -2.23. The molecule has 0 radical (unpaired) electrons. The summed E-state index contributed by atoms with van der Waals surface area (Å²) in [5.41, 5.74) is 0.673. The summed E-state index contributed by atoms with van der Waals surface area (Å²) in [7, 11) is 1.55. The molecule has 1 heterocycles. The molecule has 0 amide bonds. The lowest BCUT2D eigenvalue weighted by Gasteiger charge is -2.16. The van der Waals surface area contributed by atoms with Gasteiger partial charge in [0.2, 0.25) is 0 Å². The number of hydrogen-bond acceptors (Lipinski definition) is 4. The maximum Gasteiger partial charge on any atom is 0.390 e. The van der Waals surface area contributed by atoms with Gasteiger partial charge in [-0.25, -0.2) is 4.98 Å². The summed E-state index contributed by atoms with van der Waals surface area (Å²) >= 11 is 1.14. The summed E-state index contributed by atoms with van der Waals surface area (Å²) in [6.07, 6.45) is -2.84. The van der Waals surface area contributed by atoms with Gasteiger partial charge in [0.05, 0.1) is 17.0 Å². The van der Waals surface area contributed by atoms with Crippen molar-refractivity contribution in [1.82, 2.24) is 4.98 Å². The Kier molecular flexibility index (Phi) is 5.13. The molecule has 1 aromatic rings. The van der Waals surface area contributed by atoms with Gasteiger partial charge < -0.3 is 4.90 Å². The molecule has 102 valence electrons. The van der Waals surface area contributed by atoms with Crippen LogP contribution in [-0.4, -0.2) is 31.0 Å². The number of rotatable bonds is 6. The molecule has 0 spiro atoms. The van der Waals surface area contributed by atoms with E-state index in [1.54, 1.807) is 7.05 Å². The van der Waals surface area contributed by atoms with Gasteiger partial charge in [0.25, 0.3) is 0 Å². The summed E-state index contributed by atoms with van der Waals surface area (Å²) in [5, 5.41) is 0.463. The fourth-order valence-corrected chi connectivity index (χ4v) is 2.33. The Hall–Kier alpha value is -1.11. The van der Waals surface area contributed by atoms with Gasteiger partial charge in [-0.1, -0.05) is 24.7 Å². The highest BCUT2D eigenvalue weighted by Crippen LogP contribution is 2.27. The van der Waals surface area contributed by atoms with E-state index in [1.165, 1.54) is 4.90 Å². The Morgan fingerprint density at radius 3 is 2.61 bits per heavy atom. The number of alkyl halides is 3. The molecule has 0 aliphatic carbocycles. The molecular formula is C11H15F3N2OS. The zero-order valence-corrected chi connectivity index (χ0v) is 11.1. The maximum atomic E-state index is 12.1. The predicted octanol–water partition coefficient (Wildman–Crippen LogP) is 3.30. The van der Waals surface area contributed by atoms with Crippen LogP contribution in [0, 0.1) is 0 Å². The van der Waals surface area contributed by atoms with Crippen molar-refractivity contribution >= 4 is 22.8 Å². The van der Waals surface area contributed by atoms with Gasteiger partial charge in [-0.15, -0.1) is 0 Å². The standard InChI is InChI=1S/C11H15F3N2OS/c1-3-4-8-9(7-17)18-10(15-8)16(2)6-5-11(12,13)14/h7H,3-6H2,1-2H3. The van der Waals surface area contributed by atoms with Crippen molar-refractivity contribution in [2.45, 2.75) is 32.4 Å². The first-order chi connectivity index (χ1) is 8.37. The highest BCUT2D eigenvalue weighted by atomic mass is 32.1. The molecule has 0 fully saturated rings. The van der Waals surface area contributed by atoms with Crippen LogP contribution in [0.15, 0.2) is 0 Å². The SMILES string of the molecule is CCCc1nc(N(C)CCC(F)(F)F)sc1C=O. The van der Waals surface area contributed by atoms with Crippen molar-refractivity contribution in [1.29, 1.82) is 0 Å². The Morgan fingerprint density at radius 2 is 2.11 bits per heavy atom. The average molecular weight is 280 g/mol. The van der Waals surface area contributed by atoms with Crippen LogP contribution in [0.1, 0.15) is 35.1 Å². The van der Waals surface area contributed by atoms with Gasteiger partial charge in [0.1, 0.15) is 0 Å². The molecule has 18 heavy (non-hydrogen) atoms. The minimum atomic E-state index is -4.18. The maximum absolute atomic E-state index is 12.1. The Bertz CT molecular complexity index is 403. The summed E-state index contributed by atoms with van der Waals surface area (Å²) in [5.74, 6) is 0. The van der Waals surface area contributed by atoms with Crippen LogP contribution in [0.4, 0.5) is 18.3 Å². The van der Waals surface area contributed by atoms with Crippen molar-refractivity contribution in [3.8, 4) is 0 Å². The van der Waals surface area contributed by atoms with E-state index in [9.17, 15) is 18.0 Å². The fourth-order valence-electron chi connectivity index (χ4n) is 1.41. The smallest absolute Gasteiger partial charge is 0.351 e. The monoisotopic (exact) mass is 280 g/mol. The van der Waals surface area contributed by atoms with E-state index in [0.717, 1.165) is 17.8 Å². The minimum Gasteiger partial charge on any atom is -0.351 e. The van der Waals surface area contributed by atoms with Crippen LogP contribution >= 0.6 is 11.3 Å². The summed E-state index contributed by atoms with van der Waals surface area (Å²) in [6.45, 7) is 1.81. The molecule has 0 aliphatic heterocycles. The van der Waals surface area contributed by atoms with Crippen LogP contribution in [-0.2, 0) is 6.42 Å². The molecule has 0 saturated heterocycles. The fraction of sp³-hybridized carbons (Fsp3) is 0.636. The molecule has 0 unspecified atom stereocenters. The van der Waals surface area contributed by atoms with Crippen molar-refractivity contribution in [2.75, 3.05) is 18.5 Å². The first-order valence-corrected chi connectivity index (χ1v) is 6.41. The first kappa shape index (κ1) is 14.9. The lowest BCUT2D eigenvalue weighted by atomic mass is 10.2. The number of carbonyl (C=O) groups excluding carboxylic acids is 1. The van der Waals surface area contributed by atoms with Crippen LogP contribution in [0.25, 0.3) is 0 Å². The zero-order chi connectivity index (χ0) is 13.8. The largest absolute Gasteiger partial charge is 0.390 e. The van der Waals surface area contributed by atoms with E-state index < -0.39 is 12.6 Å². The van der Waals surface area contributed by atoms with Crippen LogP contribution in [0.3, 0.4) is 0 Å². The topological polar surface area (TPSA) is 33.2 Å². The average Bonchev–Trinajstić information content (AvgIpc) is 2.69. The van der Waals surface area contributed by atoms with Crippen molar-refractivity contribution < 1.29 is 18.0 Å². The summed E-state index contributed by atoms with van der Waals surface area (Å²) in [4.78, 5) is 17.0. The van der Waals surface area contributed by atoms with Crippen LogP contribution < -0.4 is 4.90 Å². The molecule has 0 N–H and O–H groups in total. The Morgan fingerprint density at radius 1 is 1.44 bits per heavy atom. The predicted molar refractivity (Wildman–Crippen MR) is 65.4 cm³/mol. The number of halogens is 3. The van der Waals surface area contributed by atoms with Gasteiger partial charge >= 0.3 is 6.18 Å². The Balaban J connectivity index is 2.73. The van der Waals surface area contributed by atoms with Gasteiger partial charge in [-0.05, 0) is 6.42 Å². The molecule has 1 rings (SSSR count). The van der Waals surface area contributed by atoms with Crippen molar-refractivity contribution in [3.63, 3.8) is 0 Å². The van der Waals surface area contributed by atoms with Gasteiger partial charge in [0.15, 0.2) is 11.4 Å². The number of aryl methyl sites for hydroxylation is 1. The third kappa shape index (κ3) is 4.29. The second kappa shape index (κ2) is 6.17. The molecule has 3 nitrogen and oxygen atoms in total. The molecule has 0 aliphatic rings. The molecule has 7 heteroatoms. The highest BCUT2D eigenvalue weighted by Gasteiger charge is 2.27. The number of anilines is 1. The van der Waals surface area contributed by atoms with E-state index in [2.05, 4.69) is 4.98 Å². The van der Waals surface area contributed by atoms with E-state index in [-0.39, 0.29) is 6.54 Å². The molecule has 0 aromatic carbocycles. The van der Waals surface area contributed by atoms with E-state index in [4.69, 9.17) is 0 Å². The number of aldehydes is 1. The lowest BCUT2D eigenvalue weighted by molar-refractivity contribution is -0.132. The number of carbonyl (C=O) groups is 1. The Labute approximate surface area is 108 Å². The molecule has 0 saturated carbocycles. The number of hydrogen-bond donors (Lipinski definition) is 0. The van der Waals surface area contributed by atoms with E-state index in [0.29, 0.717) is 28.4 Å². The van der Waals surface area contributed by atoms with Gasteiger partial charge in [-0.2, -0.15) is 13.2 Å². The number of thiazole rings is 1. The molecule has 1 aromatic heterocycles. The van der Waals surface area contributed by atoms with Crippen LogP contribution in [0.2, 0.25) is 0 Å². The molecular weight excluding hydrogens is 265 g/mol. The van der Waals surface area contributed by atoms with E-state index in [1.807, 2.05) is 6.92 Å². The minimum absolute atomic E-state index is 0.152. The molecule has 0 bridgehead atoms. The van der Waals surface area contributed by atoms with Gasteiger partial charge in [-0.3, -0.25) is 4.79 Å². The number of aromatic nitrogens is 1. The van der Waals surface area contributed by atoms with Crippen molar-refractivity contribution in [2.24, 2.45) is 0 Å².